The molecule has 0 spiro atoms. The zero-order chi connectivity index (χ0) is 18.3. The SMILES string of the molecule is NC1CCC2CN(C(=O)c3cccc(S(=O)(=O)N4CCOCC4)c3)CC12. The van der Waals surface area contributed by atoms with Gasteiger partial charge in [0.2, 0.25) is 10.0 Å². The summed E-state index contributed by atoms with van der Waals surface area (Å²) in [6.07, 6.45) is 2.10. The monoisotopic (exact) mass is 379 g/mol. The summed E-state index contributed by atoms with van der Waals surface area (Å²) in [6, 6.07) is 6.56. The van der Waals surface area contributed by atoms with Crippen LogP contribution in [0.3, 0.4) is 0 Å². The average molecular weight is 379 g/mol. The molecule has 1 aliphatic carbocycles. The Hall–Kier alpha value is -1.48. The highest BCUT2D eigenvalue weighted by Gasteiger charge is 2.42. The van der Waals surface area contributed by atoms with E-state index in [1.807, 2.05) is 4.90 Å². The van der Waals surface area contributed by atoms with Gasteiger partial charge in [0.25, 0.3) is 5.91 Å². The first-order valence-electron chi connectivity index (χ1n) is 9.19. The molecular weight excluding hydrogens is 354 g/mol. The number of hydrogen-bond acceptors (Lipinski definition) is 5. The van der Waals surface area contributed by atoms with E-state index in [4.69, 9.17) is 10.5 Å². The van der Waals surface area contributed by atoms with Gasteiger partial charge in [-0.25, -0.2) is 8.42 Å². The molecule has 1 aromatic carbocycles. The number of morpholine rings is 1. The van der Waals surface area contributed by atoms with Crippen LogP contribution in [0.15, 0.2) is 29.2 Å². The molecule has 26 heavy (non-hydrogen) atoms. The van der Waals surface area contributed by atoms with Crippen LogP contribution in [0.1, 0.15) is 23.2 Å². The van der Waals surface area contributed by atoms with Crippen molar-refractivity contribution in [3.8, 4) is 0 Å². The minimum Gasteiger partial charge on any atom is -0.379 e. The molecule has 3 atom stereocenters. The molecular formula is C18H25N3O4S. The maximum absolute atomic E-state index is 12.9. The van der Waals surface area contributed by atoms with Crippen molar-refractivity contribution < 1.29 is 17.9 Å². The Morgan fingerprint density at radius 2 is 1.92 bits per heavy atom. The lowest BCUT2D eigenvalue weighted by Gasteiger charge is -2.26. The van der Waals surface area contributed by atoms with Crippen LogP contribution in [0.5, 0.6) is 0 Å². The Bertz CT molecular complexity index is 791. The highest BCUT2D eigenvalue weighted by atomic mass is 32.2. The maximum Gasteiger partial charge on any atom is 0.253 e. The van der Waals surface area contributed by atoms with E-state index in [9.17, 15) is 13.2 Å². The molecule has 0 aromatic heterocycles. The van der Waals surface area contributed by atoms with E-state index in [0.29, 0.717) is 50.2 Å². The van der Waals surface area contributed by atoms with Gasteiger partial charge in [0, 0.05) is 37.8 Å². The number of hydrogen-bond donors (Lipinski definition) is 1. The molecule has 7 nitrogen and oxygen atoms in total. The van der Waals surface area contributed by atoms with Crippen LogP contribution in [0, 0.1) is 11.8 Å². The fraction of sp³-hybridized carbons (Fsp3) is 0.611. The molecule has 142 valence electrons. The number of fused-ring (bicyclic) bond motifs is 1. The number of carbonyl (C=O) groups is 1. The van der Waals surface area contributed by atoms with Gasteiger partial charge in [-0.3, -0.25) is 4.79 Å². The van der Waals surface area contributed by atoms with E-state index in [1.54, 1.807) is 18.2 Å². The number of benzene rings is 1. The second kappa shape index (κ2) is 6.92. The molecule has 2 aliphatic heterocycles. The van der Waals surface area contributed by atoms with Crippen molar-refractivity contribution in [1.29, 1.82) is 0 Å². The first kappa shape index (κ1) is 17.9. The summed E-state index contributed by atoms with van der Waals surface area (Å²) in [6.45, 7) is 2.87. The van der Waals surface area contributed by atoms with Crippen LogP contribution >= 0.6 is 0 Å². The number of rotatable bonds is 3. The topological polar surface area (TPSA) is 92.9 Å². The molecule has 2 N–H and O–H groups in total. The van der Waals surface area contributed by atoms with E-state index in [-0.39, 0.29) is 16.8 Å². The van der Waals surface area contributed by atoms with Crippen LogP contribution in [0.2, 0.25) is 0 Å². The van der Waals surface area contributed by atoms with Gasteiger partial charge < -0.3 is 15.4 Å². The molecule has 1 saturated carbocycles. The van der Waals surface area contributed by atoms with Crippen molar-refractivity contribution >= 4 is 15.9 Å². The number of sulfonamides is 1. The highest BCUT2D eigenvalue weighted by molar-refractivity contribution is 7.89. The zero-order valence-electron chi connectivity index (χ0n) is 14.7. The lowest BCUT2D eigenvalue weighted by molar-refractivity contribution is 0.0730. The van der Waals surface area contributed by atoms with E-state index < -0.39 is 10.0 Å². The number of carbonyl (C=O) groups excluding carboxylic acids is 1. The number of nitrogens with two attached hydrogens (primary N) is 1. The van der Waals surface area contributed by atoms with Gasteiger partial charge in [-0.05, 0) is 42.9 Å². The molecule has 0 radical (unpaired) electrons. The Morgan fingerprint density at radius 3 is 2.65 bits per heavy atom. The average Bonchev–Trinajstić information content (AvgIpc) is 3.24. The normalized spacial score (nSPS) is 29.7. The van der Waals surface area contributed by atoms with Gasteiger partial charge in [0.05, 0.1) is 18.1 Å². The van der Waals surface area contributed by atoms with Gasteiger partial charge in [0.15, 0.2) is 0 Å². The zero-order valence-corrected chi connectivity index (χ0v) is 15.5. The Morgan fingerprint density at radius 1 is 1.15 bits per heavy atom. The number of amides is 1. The summed E-state index contributed by atoms with van der Waals surface area (Å²) in [7, 11) is -3.60. The van der Waals surface area contributed by atoms with Crippen molar-refractivity contribution in [2.24, 2.45) is 17.6 Å². The van der Waals surface area contributed by atoms with Crippen molar-refractivity contribution in [3.63, 3.8) is 0 Å². The number of likely N-dealkylation sites (tertiary alicyclic amines) is 1. The van der Waals surface area contributed by atoms with E-state index >= 15 is 0 Å². The van der Waals surface area contributed by atoms with Crippen LogP contribution in [0.4, 0.5) is 0 Å². The van der Waals surface area contributed by atoms with Gasteiger partial charge in [0.1, 0.15) is 0 Å². The second-order valence-corrected chi connectivity index (χ2v) is 9.36. The predicted molar refractivity (Wildman–Crippen MR) is 96.1 cm³/mol. The third-order valence-corrected chi connectivity index (χ3v) is 7.78. The minimum atomic E-state index is -3.60. The predicted octanol–water partition coefficient (Wildman–Crippen LogP) is 0.517. The van der Waals surface area contributed by atoms with Crippen LogP contribution in [0.25, 0.3) is 0 Å². The molecule has 2 saturated heterocycles. The Labute approximate surface area is 154 Å². The summed E-state index contributed by atoms with van der Waals surface area (Å²) in [5.74, 6) is 0.749. The standard InChI is InChI=1S/C18H25N3O4S/c19-17-5-4-14-11-20(12-16(14)17)18(22)13-2-1-3-15(10-13)26(23,24)21-6-8-25-9-7-21/h1-3,10,14,16-17H,4-9,11-12,19H2. The van der Waals surface area contributed by atoms with E-state index in [0.717, 1.165) is 19.4 Å². The molecule has 2 heterocycles. The summed E-state index contributed by atoms with van der Waals surface area (Å²) in [4.78, 5) is 14.9. The van der Waals surface area contributed by atoms with Gasteiger partial charge in [-0.2, -0.15) is 4.31 Å². The number of nitrogens with zero attached hydrogens (tertiary/aromatic N) is 2. The molecule has 1 aromatic rings. The summed E-state index contributed by atoms with van der Waals surface area (Å²) < 4.78 is 32.3. The number of ether oxygens (including phenoxy) is 1. The molecule has 3 unspecified atom stereocenters. The fourth-order valence-electron chi connectivity index (χ4n) is 4.38. The highest BCUT2D eigenvalue weighted by Crippen LogP contribution is 2.37. The van der Waals surface area contributed by atoms with E-state index in [2.05, 4.69) is 0 Å². The van der Waals surface area contributed by atoms with Gasteiger partial charge >= 0.3 is 0 Å². The third-order valence-electron chi connectivity index (χ3n) is 5.89. The Balaban J connectivity index is 1.53. The molecule has 3 fully saturated rings. The first-order chi connectivity index (χ1) is 12.5. The van der Waals surface area contributed by atoms with Crippen LogP contribution in [-0.4, -0.2) is 69.0 Å². The molecule has 3 aliphatic rings. The lowest BCUT2D eigenvalue weighted by Crippen LogP contribution is -2.40. The van der Waals surface area contributed by atoms with Gasteiger partial charge in [-0.1, -0.05) is 6.07 Å². The van der Waals surface area contributed by atoms with Crippen LogP contribution in [-0.2, 0) is 14.8 Å². The molecule has 0 bridgehead atoms. The summed E-state index contributed by atoms with van der Waals surface area (Å²) in [5, 5.41) is 0. The van der Waals surface area contributed by atoms with E-state index in [1.165, 1.54) is 10.4 Å². The lowest BCUT2D eigenvalue weighted by atomic mass is 9.98. The van der Waals surface area contributed by atoms with Crippen molar-refractivity contribution in [2.45, 2.75) is 23.8 Å². The van der Waals surface area contributed by atoms with Gasteiger partial charge in [-0.15, -0.1) is 0 Å². The molecule has 4 rings (SSSR count). The maximum atomic E-state index is 12.9. The summed E-state index contributed by atoms with van der Waals surface area (Å²) in [5.41, 5.74) is 6.58. The van der Waals surface area contributed by atoms with Crippen molar-refractivity contribution in [3.05, 3.63) is 29.8 Å². The fourth-order valence-corrected chi connectivity index (χ4v) is 5.84. The smallest absolute Gasteiger partial charge is 0.253 e. The largest absolute Gasteiger partial charge is 0.379 e. The summed E-state index contributed by atoms with van der Waals surface area (Å²) >= 11 is 0. The Kier molecular flexibility index (Phi) is 4.77. The first-order valence-corrected chi connectivity index (χ1v) is 10.6. The van der Waals surface area contributed by atoms with Crippen LogP contribution < -0.4 is 5.73 Å². The third kappa shape index (κ3) is 3.15. The second-order valence-electron chi connectivity index (χ2n) is 7.42. The minimum absolute atomic E-state index is 0.106. The molecule has 8 heteroatoms. The van der Waals surface area contributed by atoms with Crippen molar-refractivity contribution in [1.82, 2.24) is 9.21 Å². The quantitative estimate of drug-likeness (QED) is 0.826. The van der Waals surface area contributed by atoms with Crippen molar-refractivity contribution in [2.75, 3.05) is 39.4 Å². The molecule has 1 amide bonds.